The molecule has 0 radical (unpaired) electrons. The van der Waals surface area contributed by atoms with Crippen LogP contribution in [-0.4, -0.2) is 33.3 Å². The van der Waals surface area contributed by atoms with Gasteiger partial charge in [0.2, 0.25) is 21.8 Å². The number of amides is 2. The highest BCUT2D eigenvalue weighted by Crippen LogP contribution is 2.13. The molecular formula is C14H21N3O4S. The minimum atomic E-state index is -3.76. The van der Waals surface area contributed by atoms with Gasteiger partial charge in [-0.05, 0) is 30.2 Å². The molecule has 3 N–H and O–H groups in total. The third-order valence-electron chi connectivity index (χ3n) is 2.62. The maximum Gasteiger partial charge on any atom is 0.241 e. The average Bonchev–Trinajstić information content (AvgIpc) is 2.43. The van der Waals surface area contributed by atoms with Crippen molar-refractivity contribution < 1.29 is 18.0 Å². The van der Waals surface area contributed by atoms with Crippen LogP contribution in [-0.2, 0) is 19.6 Å². The quantitative estimate of drug-likeness (QED) is 0.685. The van der Waals surface area contributed by atoms with Gasteiger partial charge in [0.25, 0.3) is 0 Å². The Balaban J connectivity index is 2.62. The van der Waals surface area contributed by atoms with Crippen molar-refractivity contribution in [2.45, 2.75) is 25.7 Å². The van der Waals surface area contributed by atoms with E-state index in [-0.39, 0.29) is 23.3 Å². The summed E-state index contributed by atoms with van der Waals surface area (Å²) in [5.74, 6) is -0.329. The first kappa shape index (κ1) is 18.1. The fraction of sp³-hybridized carbons (Fsp3) is 0.429. The molecule has 0 aliphatic rings. The molecule has 122 valence electrons. The monoisotopic (exact) mass is 327 g/mol. The van der Waals surface area contributed by atoms with Crippen LogP contribution in [0.2, 0.25) is 0 Å². The third kappa shape index (κ3) is 6.23. The number of carbonyl (C=O) groups is 2. The van der Waals surface area contributed by atoms with Gasteiger partial charge in [-0.25, -0.2) is 13.1 Å². The zero-order chi connectivity index (χ0) is 16.8. The second kappa shape index (κ2) is 7.90. The van der Waals surface area contributed by atoms with Crippen LogP contribution < -0.4 is 15.4 Å². The third-order valence-corrected chi connectivity index (χ3v) is 4.03. The van der Waals surface area contributed by atoms with Crippen LogP contribution in [0.25, 0.3) is 0 Å². The van der Waals surface area contributed by atoms with Crippen LogP contribution in [0.5, 0.6) is 0 Å². The second-order valence-corrected chi connectivity index (χ2v) is 6.99. The first-order chi connectivity index (χ1) is 10.2. The Morgan fingerprint density at radius 3 is 2.23 bits per heavy atom. The van der Waals surface area contributed by atoms with E-state index in [4.69, 9.17) is 0 Å². The first-order valence-electron chi connectivity index (χ1n) is 6.84. The molecule has 0 unspecified atom stereocenters. The Kier molecular flexibility index (Phi) is 6.51. The maximum atomic E-state index is 12.0. The summed E-state index contributed by atoms with van der Waals surface area (Å²) in [5.41, 5.74) is 0.501. The molecule has 1 aromatic rings. The Hall–Kier alpha value is -1.93. The Morgan fingerprint density at radius 1 is 1.14 bits per heavy atom. The fourth-order valence-corrected chi connectivity index (χ4v) is 2.53. The van der Waals surface area contributed by atoms with Crippen molar-refractivity contribution >= 4 is 27.5 Å². The summed E-state index contributed by atoms with van der Waals surface area (Å²) < 4.78 is 26.3. The summed E-state index contributed by atoms with van der Waals surface area (Å²) >= 11 is 0. The van der Waals surface area contributed by atoms with Crippen molar-refractivity contribution in [1.82, 2.24) is 10.0 Å². The van der Waals surface area contributed by atoms with Gasteiger partial charge in [-0.15, -0.1) is 0 Å². The molecule has 0 bridgehead atoms. The average molecular weight is 327 g/mol. The molecule has 7 nitrogen and oxygen atoms in total. The molecule has 0 atom stereocenters. The van der Waals surface area contributed by atoms with Crippen LogP contribution in [0.15, 0.2) is 29.2 Å². The van der Waals surface area contributed by atoms with E-state index in [0.29, 0.717) is 18.2 Å². The number of hydrogen-bond acceptors (Lipinski definition) is 4. The van der Waals surface area contributed by atoms with Gasteiger partial charge in [-0.2, -0.15) is 0 Å². The number of hydrogen-bond donors (Lipinski definition) is 3. The second-order valence-electron chi connectivity index (χ2n) is 5.23. The van der Waals surface area contributed by atoms with Crippen LogP contribution in [0.1, 0.15) is 20.8 Å². The number of nitrogens with one attached hydrogen (secondary N) is 3. The predicted molar refractivity (Wildman–Crippen MR) is 83.8 cm³/mol. The van der Waals surface area contributed by atoms with Crippen LogP contribution in [0.3, 0.4) is 0 Å². The summed E-state index contributed by atoms with van der Waals surface area (Å²) in [5, 5.41) is 5.17. The van der Waals surface area contributed by atoms with E-state index < -0.39 is 10.0 Å². The van der Waals surface area contributed by atoms with E-state index in [1.165, 1.54) is 31.2 Å². The Bertz CT molecular complexity index is 624. The van der Waals surface area contributed by atoms with Crippen molar-refractivity contribution in [2.24, 2.45) is 5.92 Å². The summed E-state index contributed by atoms with van der Waals surface area (Å²) in [6.45, 7) is 5.43. The lowest BCUT2D eigenvalue weighted by Gasteiger charge is -2.10. The van der Waals surface area contributed by atoms with Gasteiger partial charge in [-0.3, -0.25) is 9.59 Å². The van der Waals surface area contributed by atoms with Crippen molar-refractivity contribution in [2.75, 3.05) is 18.4 Å². The normalized spacial score (nSPS) is 11.3. The molecule has 0 heterocycles. The van der Waals surface area contributed by atoms with E-state index >= 15 is 0 Å². The van der Waals surface area contributed by atoms with Crippen LogP contribution in [0, 0.1) is 5.92 Å². The smallest absolute Gasteiger partial charge is 0.241 e. The molecule has 8 heteroatoms. The molecule has 0 spiro atoms. The minimum Gasteiger partial charge on any atom is -0.355 e. The zero-order valence-corrected chi connectivity index (χ0v) is 13.7. The largest absolute Gasteiger partial charge is 0.355 e. The summed E-state index contributed by atoms with van der Waals surface area (Å²) in [4.78, 5) is 22.4. The molecule has 0 saturated heterocycles. The van der Waals surface area contributed by atoms with Crippen molar-refractivity contribution in [1.29, 1.82) is 0 Å². The van der Waals surface area contributed by atoms with Gasteiger partial charge in [0.05, 0.1) is 11.4 Å². The van der Waals surface area contributed by atoms with E-state index in [1.54, 1.807) is 0 Å². The molecule has 2 amide bonds. The molecule has 0 aromatic heterocycles. The van der Waals surface area contributed by atoms with E-state index in [2.05, 4.69) is 15.4 Å². The number of carbonyl (C=O) groups excluding carboxylic acids is 2. The summed E-state index contributed by atoms with van der Waals surface area (Å²) in [6.07, 6.45) is 0. The number of anilines is 1. The predicted octanol–water partition coefficient (Wildman–Crippen LogP) is 0.695. The lowest BCUT2D eigenvalue weighted by molar-refractivity contribution is -0.120. The van der Waals surface area contributed by atoms with E-state index in [0.717, 1.165) is 0 Å². The maximum absolute atomic E-state index is 12.0. The van der Waals surface area contributed by atoms with Crippen LogP contribution >= 0.6 is 0 Å². The van der Waals surface area contributed by atoms with Gasteiger partial charge in [0.1, 0.15) is 0 Å². The van der Waals surface area contributed by atoms with E-state index in [9.17, 15) is 18.0 Å². The van der Waals surface area contributed by atoms with Gasteiger partial charge >= 0.3 is 0 Å². The van der Waals surface area contributed by atoms with Gasteiger partial charge in [-0.1, -0.05) is 13.8 Å². The van der Waals surface area contributed by atoms with Crippen molar-refractivity contribution in [3.05, 3.63) is 24.3 Å². The molecule has 22 heavy (non-hydrogen) atoms. The van der Waals surface area contributed by atoms with Gasteiger partial charge in [0.15, 0.2) is 0 Å². The lowest BCUT2D eigenvalue weighted by Crippen LogP contribution is -2.38. The molecule has 0 fully saturated rings. The highest BCUT2D eigenvalue weighted by molar-refractivity contribution is 7.89. The molecule has 0 aliphatic carbocycles. The molecule has 1 aromatic carbocycles. The van der Waals surface area contributed by atoms with Gasteiger partial charge < -0.3 is 10.6 Å². The number of benzene rings is 1. The van der Waals surface area contributed by atoms with Crippen molar-refractivity contribution in [3.8, 4) is 0 Å². The molecule has 0 aliphatic heterocycles. The zero-order valence-electron chi connectivity index (χ0n) is 12.8. The standard InChI is InChI=1S/C14H21N3O4S/c1-10(2)8-15-14(19)9-16-22(20,21)13-6-4-12(5-7-13)17-11(3)18/h4-7,10,16H,8-9H2,1-3H3,(H,15,19)(H,17,18). The Morgan fingerprint density at radius 2 is 1.73 bits per heavy atom. The Labute approximate surface area is 130 Å². The van der Waals surface area contributed by atoms with Gasteiger partial charge in [0, 0.05) is 19.2 Å². The highest BCUT2D eigenvalue weighted by Gasteiger charge is 2.15. The topological polar surface area (TPSA) is 104 Å². The minimum absolute atomic E-state index is 0.0262. The SMILES string of the molecule is CC(=O)Nc1ccc(S(=O)(=O)NCC(=O)NCC(C)C)cc1. The number of sulfonamides is 1. The van der Waals surface area contributed by atoms with Crippen LogP contribution in [0.4, 0.5) is 5.69 Å². The number of rotatable bonds is 7. The first-order valence-corrected chi connectivity index (χ1v) is 8.33. The molecule has 0 saturated carbocycles. The highest BCUT2D eigenvalue weighted by atomic mass is 32.2. The van der Waals surface area contributed by atoms with E-state index in [1.807, 2.05) is 13.8 Å². The molecular weight excluding hydrogens is 306 g/mol. The summed E-state index contributed by atoms with van der Waals surface area (Å²) in [6, 6.07) is 5.68. The lowest BCUT2D eigenvalue weighted by atomic mass is 10.2. The fourth-order valence-electron chi connectivity index (χ4n) is 1.55. The summed E-state index contributed by atoms with van der Waals surface area (Å²) in [7, 11) is -3.76. The molecule has 1 rings (SSSR count). The van der Waals surface area contributed by atoms with Crippen molar-refractivity contribution in [3.63, 3.8) is 0 Å².